The molecule has 1 aromatic carbocycles. The first-order chi connectivity index (χ1) is 10.1. The van der Waals surface area contributed by atoms with Gasteiger partial charge in [0.05, 0.1) is 10.5 Å². The molecule has 0 N–H and O–H groups in total. The Balaban J connectivity index is 2.00. The number of rotatable bonds is 1. The minimum absolute atomic E-state index is 0.187. The lowest BCUT2D eigenvalue weighted by molar-refractivity contribution is 0.822. The largest absolute Gasteiger partial charge is 0.373 e. The first-order valence-electron chi connectivity index (χ1n) is 6.99. The highest BCUT2D eigenvalue weighted by atomic mass is 35.5. The normalized spacial score (nSPS) is 15.3. The van der Waals surface area contributed by atoms with E-state index in [9.17, 15) is 0 Å². The summed E-state index contributed by atoms with van der Waals surface area (Å²) in [4.78, 5) is 6.68. The molecule has 1 saturated heterocycles. The molecule has 0 spiro atoms. The van der Waals surface area contributed by atoms with Crippen LogP contribution in [0.5, 0.6) is 0 Å². The van der Waals surface area contributed by atoms with Gasteiger partial charge in [-0.25, -0.2) is 10.2 Å². The highest BCUT2D eigenvalue weighted by Crippen LogP contribution is 2.32. The summed E-state index contributed by atoms with van der Waals surface area (Å²) < 4.78 is 0. The van der Waals surface area contributed by atoms with Crippen LogP contribution in [-0.2, 0) is 0 Å². The molecular weight excluding hydrogens is 304 g/mol. The molecule has 1 fully saturated rings. The fourth-order valence-corrected chi connectivity index (χ4v) is 3.36. The Morgan fingerprint density at radius 1 is 1.24 bits per heavy atom. The van der Waals surface area contributed by atoms with E-state index in [0.29, 0.717) is 10.2 Å². The summed E-state index contributed by atoms with van der Waals surface area (Å²) in [5, 5.41) is 11.0. The minimum atomic E-state index is 0.187. The van der Waals surface area contributed by atoms with E-state index in [2.05, 4.69) is 28.0 Å². The van der Waals surface area contributed by atoms with Crippen molar-refractivity contribution in [1.29, 1.82) is 5.26 Å². The lowest BCUT2D eigenvalue weighted by atomic mass is 9.45. The molecule has 0 aliphatic carbocycles. The maximum Gasteiger partial charge on any atom is 0.271 e. The van der Waals surface area contributed by atoms with Crippen LogP contribution in [0.1, 0.15) is 5.56 Å². The predicted molar refractivity (Wildman–Crippen MR) is 89.7 cm³/mol. The Morgan fingerprint density at radius 3 is 2.62 bits per heavy atom. The standard InChI is InChI=1S/C15H14BCl2N3/c1-10-6-11(21-4-2-16(9-19)3-5-21)7-12-13(17)8-14(18)20-15(10)12/h6-8H,2-5H2,1H3. The summed E-state index contributed by atoms with van der Waals surface area (Å²) >= 11 is 12.3. The van der Waals surface area contributed by atoms with Crippen molar-refractivity contribution in [1.82, 2.24) is 4.98 Å². The number of nitriles is 1. The van der Waals surface area contributed by atoms with Crippen molar-refractivity contribution in [3.8, 4) is 5.97 Å². The van der Waals surface area contributed by atoms with Crippen LogP contribution in [0.4, 0.5) is 5.69 Å². The van der Waals surface area contributed by atoms with Crippen molar-refractivity contribution in [2.45, 2.75) is 19.6 Å². The highest BCUT2D eigenvalue weighted by Gasteiger charge is 2.23. The third-order valence-electron chi connectivity index (χ3n) is 4.05. The molecule has 106 valence electrons. The van der Waals surface area contributed by atoms with Gasteiger partial charge < -0.3 is 4.90 Å². The van der Waals surface area contributed by atoms with Gasteiger partial charge in [0.25, 0.3) is 6.71 Å². The highest BCUT2D eigenvalue weighted by molar-refractivity contribution is 6.67. The average molecular weight is 318 g/mol. The van der Waals surface area contributed by atoms with Crippen molar-refractivity contribution in [2.75, 3.05) is 18.0 Å². The van der Waals surface area contributed by atoms with E-state index in [-0.39, 0.29) is 6.71 Å². The van der Waals surface area contributed by atoms with Gasteiger partial charge in [-0.05, 0) is 43.3 Å². The van der Waals surface area contributed by atoms with Gasteiger partial charge in [-0.3, -0.25) is 0 Å². The minimum Gasteiger partial charge on any atom is -0.373 e. The van der Waals surface area contributed by atoms with E-state index in [1.807, 2.05) is 6.92 Å². The van der Waals surface area contributed by atoms with Crippen LogP contribution in [0.2, 0.25) is 22.8 Å². The molecule has 0 radical (unpaired) electrons. The molecular formula is C15H14BCl2N3. The summed E-state index contributed by atoms with van der Waals surface area (Å²) in [6.07, 6.45) is 1.83. The summed E-state index contributed by atoms with van der Waals surface area (Å²) in [7, 11) is 0. The number of benzene rings is 1. The lowest BCUT2D eigenvalue weighted by Crippen LogP contribution is -2.36. The van der Waals surface area contributed by atoms with Crippen LogP contribution in [0.15, 0.2) is 18.2 Å². The van der Waals surface area contributed by atoms with Crippen molar-refractivity contribution < 1.29 is 0 Å². The Labute approximate surface area is 134 Å². The van der Waals surface area contributed by atoms with Gasteiger partial charge in [0.15, 0.2) is 0 Å². The van der Waals surface area contributed by atoms with Gasteiger partial charge >= 0.3 is 0 Å². The summed E-state index contributed by atoms with van der Waals surface area (Å²) in [6, 6.07) is 5.87. The Kier molecular flexibility index (Phi) is 3.97. The number of hydrogen-bond donors (Lipinski definition) is 0. The Morgan fingerprint density at radius 2 is 1.95 bits per heavy atom. The Bertz CT molecular complexity index is 734. The van der Waals surface area contributed by atoms with Gasteiger partial charge in [-0.2, -0.15) is 0 Å². The van der Waals surface area contributed by atoms with E-state index in [0.717, 1.165) is 47.9 Å². The van der Waals surface area contributed by atoms with Gasteiger partial charge in [-0.1, -0.05) is 23.2 Å². The second kappa shape index (κ2) is 5.75. The zero-order valence-electron chi connectivity index (χ0n) is 11.7. The summed E-state index contributed by atoms with van der Waals surface area (Å²) in [5.74, 6) is 2.36. The van der Waals surface area contributed by atoms with Crippen LogP contribution in [-0.4, -0.2) is 24.8 Å². The average Bonchev–Trinajstić information content (AvgIpc) is 2.48. The van der Waals surface area contributed by atoms with Crippen LogP contribution >= 0.6 is 23.2 Å². The molecule has 6 heteroatoms. The number of pyridine rings is 1. The molecule has 1 aromatic heterocycles. The smallest absolute Gasteiger partial charge is 0.271 e. The first kappa shape index (κ1) is 14.5. The molecule has 21 heavy (non-hydrogen) atoms. The van der Waals surface area contributed by atoms with Crippen LogP contribution in [0.25, 0.3) is 10.9 Å². The van der Waals surface area contributed by atoms with Crippen LogP contribution in [0, 0.1) is 18.2 Å². The summed E-state index contributed by atoms with van der Waals surface area (Å²) in [6.45, 7) is 4.02. The Hall–Kier alpha value is -1.44. The fraction of sp³-hybridized carbons (Fsp3) is 0.333. The van der Waals surface area contributed by atoms with E-state index >= 15 is 0 Å². The SMILES string of the molecule is Cc1cc(N2CCB(C#N)CC2)cc2c(Cl)cc(Cl)nc12. The van der Waals surface area contributed by atoms with Gasteiger partial charge in [0.1, 0.15) is 5.15 Å². The maximum absolute atomic E-state index is 8.99. The number of fused-ring (bicyclic) bond motifs is 1. The third-order valence-corrected chi connectivity index (χ3v) is 4.56. The predicted octanol–water partition coefficient (Wildman–Crippen LogP) is 4.23. The van der Waals surface area contributed by atoms with E-state index in [1.165, 1.54) is 0 Å². The topological polar surface area (TPSA) is 39.9 Å². The van der Waals surface area contributed by atoms with Crippen molar-refractivity contribution in [3.63, 3.8) is 0 Å². The second-order valence-corrected chi connectivity index (χ2v) is 6.27. The number of hydrogen-bond acceptors (Lipinski definition) is 3. The second-order valence-electron chi connectivity index (χ2n) is 5.48. The van der Waals surface area contributed by atoms with E-state index in [1.54, 1.807) is 6.07 Å². The molecule has 1 aliphatic heterocycles. The molecule has 2 aromatic rings. The molecule has 2 heterocycles. The maximum atomic E-state index is 8.99. The molecule has 0 saturated carbocycles. The lowest BCUT2D eigenvalue weighted by Gasteiger charge is -2.30. The number of aromatic nitrogens is 1. The quantitative estimate of drug-likeness (QED) is 0.583. The number of nitrogens with zero attached hydrogens (tertiary/aromatic N) is 3. The fourth-order valence-electron chi connectivity index (χ4n) is 2.86. The molecule has 3 rings (SSSR count). The zero-order chi connectivity index (χ0) is 15.0. The van der Waals surface area contributed by atoms with Crippen molar-refractivity contribution in [2.24, 2.45) is 0 Å². The van der Waals surface area contributed by atoms with E-state index < -0.39 is 0 Å². The molecule has 3 nitrogen and oxygen atoms in total. The monoisotopic (exact) mass is 317 g/mol. The molecule has 0 amide bonds. The summed E-state index contributed by atoms with van der Waals surface area (Å²) in [5.41, 5.74) is 3.06. The van der Waals surface area contributed by atoms with Crippen LogP contribution in [0.3, 0.4) is 0 Å². The van der Waals surface area contributed by atoms with Crippen molar-refractivity contribution >= 4 is 46.5 Å². The third kappa shape index (κ3) is 2.81. The molecule has 0 atom stereocenters. The molecule has 0 bridgehead atoms. The number of aryl methyl sites for hydroxylation is 1. The molecule has 1 aliphatic rings. The van der Waals surface area contributed by atoms with E-state index in [4.69, 9.17) is 28.5 Å². The van der Waals surface area contributed by atoms with Gasteiger partial charge in [-0.15, -0.1) is 0 Å². The first-order valence-corrected chi connectivity index (χ1v) is 7.75. The number of halogens is 2. The van der Waals surface area contributed by atoms with Gasteiger partial charge in [0.2, 0.25) is 0 Å². The van der Waals surface area contributed by atoms with Crippen LogP contribution < -0.4 is 4.90 Å². The number of anilines is 1. The van der Waals surface area contributed by atoms with Crippen molar-refractivity contribution in [3.05, 3.63) is 33.9 Å². The zero-order valence-corrected chi connectivity index (χ0v) is 13.2. The van der Waals surface area contributed by atoms with Gasteiger partial charge in [0, 0.05) is 30.1 Å². The molecule has 0 unspecified atom stereocenters.